The number of rotatable bonds is 2. The molecule has 0 bridgehead atoms. The fraction of sp³-hybridized carbons (Fsp3) is 0.150. The first kappa shape index (κ1) is 15.0. The molecule has 1 atom stereocenters. The second-order valence-electron chi connectivity index (χ2n) is 5.85. The fourth-order valence-electron chi connectivity index (χ4n) is 3.36. The maximum absolute atomic E-state index is 13.0. The number of fused-ring (bicyclic) bond motifs is 1. The van der Waals surface area contributed by atoms with Gasteiger partial charge in [0, 0.05) is 11.6 Å². The van der Waals surface area contributed by atoms with Crippen LogP contribution in [0.2, 0.25) is 5.02 Å². The maximum atomic E-state index is 13.0. The molecule has 1 aliphatic rings. The van der Waals surface area contributed by atoms with E-state index in [1.165, 1.54) is 11.8 Å². The zero-order chi connectivity index (χ0) is 16.5. The standard InChI is InChI=1S/C20H16ClNO2/c21-17-9-4-3-8-16(17)19-15-7-2-1-6-14(15)11-12-22(19)20(23)18-10-5-13-24-18/h1-10,13,19H,11-12H2. The van der Waals surface area contributed by atoms with Crippen LogP contribution in [0.15, 0.2) is 71.3 Å². The van der Waals surface area contributed by atoms with E-state index < -0.39 is 0 Å². The summed E-state index contributed by atoms with van der Waals surface area (Å²) >= 11 is 6.46. The molecule has 3 aromatic rings. The minimum Gasteiger partial charge on any atom is -0.459 e. The lowest BCUT2D eigenvalue weighted by Gasteiger charge is -2.37. The van der Waals surface area contributed by atoms with Gasteiger partial charge in [0.15, 0.2) is 5.76 Å². The van der Waals surface area contributed by atoms with Crippen LogP contribution in [0.1, 0.15) is 33.3 Å². The highest BCUT2D eigenvalue weighted by Crippen LogP contribution is 2.38. The molecule has 1 amide bonds. The summed E-state index contributed by atoms with van der Waals surface area (Å²) in [5, 5.41) is 0.663. The number of carbonyl (C=O) groups is 1. The average molecular weight is 338 g/mol. The Morgan fingerprint density at radius 3 is 2.50 bits per heavy atom. The van der Waals surface area contributed by atoms with Gasteiger partial charge in [0.2, 0.25) is 0 Å². The molecular weight excluding hydrogens is 322 g/mol. The Labute approximate surface area is 145 Å². The van der Waals surface area contributed by atoms with E-state index >= 15 is 0 Å². The lowest BCUT2D eigenvalue weighted by Crippen LogP contribution is -2.40. The second kappa shape index (κ2) is 6.17. The van der Waals surface area contributed by atoms with Crippen molar-refractivity contribution in [2.75, 3.05) is 6.54 Å². The monoisotopic (exact) mass is 337 g/mol. The van der Waals surface area contributed by atoms with Gasteiger partial charge in [-0.25, -0.2) is 0 Å². The number of halogens is 1. The molecule has 0 saturated carbocycles. The molecule has 0 radical (unpaired) electrons. The Morgan fingerprint density at radius 2 is 1.75 bits per heavy atom. The Morgan fingerprint density at radius 1 is 1.00 bits per heavy atom. The molecule has 4 heteroatoms. The predicted octanol–water partition coefficient (Wildman–Crippen LogP) is 4.72. The zero-order valence-corrected chi connectivity index (χ0v) is 13.7. The maximum Gasteiger partial charge on any atom is 0.290 e. The van der Waals surface area contributed by atoms with E-state index in [4.69, 9.17) is 16.0 Å². The molecule has 4 rings (SSSR count). The van der Waals surface area contributed by atoms with Crippen LogP contribution in [0.3, 0.4) is 0 Å². The van der Waals surface area contributed by atoms with Gasteiger partial charge in [-0.2, -0.15) is 0 Å². The van der Waals surface area contributed by atoms with Crippen molar-refractivity contribution in [2.45, 2.75) is 12.5 Å². The summed E-state index contributed by atoms with van der Waals surface area (Å²) < 4.78 is 5.33. The summed E-state index contributed by atoms with van der Waals surface area (Å²) in [5.74, 6) is 0.242. The first-order valence-electron chi connectivity index (χ1n) is 7.92. The summed E-state index contributed by atoms with van der Waals surface area (Å²) in [7, 11) is 0. The van der Waals surface area contributed by atoms with Crippen LogP contribution in [0.25, 0.3) is 0 Å². The van der Waals surface area contributed by atoms with Gasteiger partial charge in [0.25, 0.3) is 5.91 Å². The van der Waals surface area contributed by atoms with Crippen molar-refractivity contribution in [1.29, 1.82) is 0 Å². The highest BCUT2D eigenvalue weighted by Gasteiger charge is 2.34. The van der Waals surface area contributed by atoms with E-state index in [1.54, 1.807) is 12.1 Å². The van der Waals surface area contributed by atoms with Crippen LogP contribution < -0.4 is 0 Å². The molecule has 1 unspecified atom stereocenters. The van der Waals surface area contributed by atoms with Gasteiger partial charge < -0.3 is 9.32 Å². The SMILES string of the molecule is O=C(c1ccco1)N1CCc2ccccc2C1c1ccccc1Cl. The van der Waals surface area contributed by atoms with E-state index in [0.29, 0.717) is 17.3 Å². The van der Waals surface area contributed by atoms with E-state index in [0.717, 1.165) is 17.5 Å². The quantitative estimate of drug-likeness (QED) is 0.678. The van der Waals surface area contributed by atoms with Crippen LogP contribution in [-0.4, -0.2) is 17.4 Å². The molecule has 120 valence electrons. The molecular formula is C20H16ClNO2. The number of benzene rings is 2. The molecule has 0 N–H and O–H groups in total. The lowest BCUT2D eigenvalue weighted by molar-refractivity contribution is 0.0662. The largest absolute Gasteiger partial charge is 0.459 e. The van der Waals surface area contributed by atoms with Gasteiger partial charge in [-0.3, -0.25) is 4.79 Å². The fourth-order valence-corrected chi connectivity index (χ4v) is 3.60. The van der Waals surface area contributed by atoms with Crippen molar-refractivity contribution in [3.8, 4) is 0 Å². The third-order valence-electron chi connectivity index (χ3n) is 4.48. The third-order valence-corrected chi connectivity index (χ3v) is 4.82. The lowest BCUT2D eigenvalue weighted by atomic mass is 9.88. The molecule has 1 aromatic heterocycles. The molecule has 24 heavy (non-hydrogen) atoms. The summed E-state index contributed by atoms with van der Waals surface area (Å²) in [6.07, 6.45) is 2.35. The predicted molar refractivity (Wildman–Crippen MR) is 93.2 cm³/mol. The summed E-state index contributed by atoms with van der Waals surface area (Å²) in [6, 6.07) is 19.2. The van der Waals surface area contributed by atoms with Crippen LogP contribution in [-0.2, 0) is 6.42 Å². The Hall–Kier alpha value is -2.52. The molecule has 1 aliphatic heterocycles. The zero-order valence-electron chi connectivity index (χ0n) is 13.0. The number of carbonyl (C=O) groups excluding carboxylic acids is 1. The smallest absolute Gasteiger partial charge is 0.290 e. The average Bonchev–Trinajstić information content (AvgIpc) is 3.15. The third kappa shape index (κ3) is 2.51. The van der Waals surface area contributed by atoms with E-state index in [-0.39, 0.29) is 11.9 Å². The number of furan rings is 1. The van der Waals surface area contributed by atoms with Gasteiger partial charge in [-0.15, -0.1) is 0 Å². The summed E-state index contributed by atoms with van der Waals surface area (Å²) in [6.45, 7) is 0.631. The summed E-state index contributed by atoms with van der Waals surface area (Å²) in [5.41, 5.74) is 3.31. The van der Waals surface area contributed by atoms with Crippen molar-refractivity contribution >= 4 is 17.5 Å². The van der Waals surface area contributed by atoms with Crippen LogP contribution in [0, 0.1) is 0 Å². The van der Waals surface area contributed by atoms with Gasteiger partial charge in [-0.1, -0.05) is 54.1 Å². The first-order chi connectivity index (χ1) is 11.8. The minimum atomic E-state index is -0.207. The Bertz CT molecular complexity index is 873. The Balaban J connectivity index is 1.85. The Kier molecular flexibility index (Phi) is 3.87. The van der Waals surface area contributed by atoms with Gasteiger partial charge >= 0.3 is 0 Å². The number of nitrogens with zero attached hydrogens (tertiary/aromatic N) is 1. The molecule has 0 spiro atoms. The normalized spacial score (nSPS) is 16.7. The molecule has 0 fully saturated rings. The molecule has 0 aliphatic carbocycles. The first-order valence-corrected chi connectivity index (χ1v) is 8.30. The van der Waals surface area contributed by atoms with E-state index in [1.807, 2.05) is 41.3 Å². The second-order valence-corrected chi connectivity index (χ2v) is 6.26. The molecule has 3 nitrogen and oxygen atoms in total. The van der Waals surface area contributed by atoms with Gasteiger partial charge in [0.1, 0.15) is 0 Å². The van der Waals surface area contributed by atoms with Crippen molar-refractivity contribution < 1.29 is 9.21 Å². The highest BCUT2D eigenvalue weighted by atomic mass is 35.5. The van der Waals surface area contributed by atoms with Crippen molar-refractivity contribution in [3.63, 3.8) is 0 Å². The summed E-state index contributed by atoms with van der Waals surface area (Å²) in [4.78, 5) is 14.8. The number of hydrogen-bond acceptors (Lipinski definition) is 2. The van der Waals surface area contributed by atoms with Crippen molar-refractivity contribution in [2.24, 2.45) is 0 Å². The van der Waals surface area contributed by atoms with E-state index in [9.17, 15) is 4.79 Å². The molecule has 2 aromatic carbocycles. The number of amides is 1. The van der Waals surface area contributed by atoms with Crippen LogP contribution in [0.5, 0.6) is 0 Å². The molecule has 0 saturated heterocycles. The van der Waals surface area contributed by atoms with E-state index in [2.05, 4.69) is 12.1 Å². The van der Waals surface area contributed by atoms with Crippen LogP contribution >= 0.6 is 11.6 Å². The highest BCUT2D eigenvalue weighted by molar-refractivity contribution is 6.31. The molecule has 2 heterocycles. The van der Waals surface area contributed by atoms with Crippen molar-refractivity contribution in [1.82, 2.24) is 4.90 Å². The topological polar surface area (TPSA) is 33.5 Å². The van der Waals surface area contributed by atoms with Gasteiger partial charge in [0.05, 0.1) is 12.3 Å². The van der Waals surface area contributed by atoms with Crippen molar-refractivity contribution in [3.05, 3.63) is 94.4 Å². The van der Waals surface area contributed by atoms with Gasteiger partial charge in [-0.05, 0) is 41.3 Å². The minimum absolute atomic E-state index is 0.112. The number of hydrogen-bond donors (Lipinski definition) is 0. The van der Waals surface area contributed by atoms with Crippen LogP contribution in [0.4, 0.5) is 0 Å².